The molecule has 0 aliphatic carbocycles. The molecule has 138 valence electrons. The Balaban J connectivity index is 1.95. The lowest BCUT2D eigenvalue weighted by atomic mass is 10.2. The first-order valence-electron chi connectivity index (χ1n) is 8.16. The predicted molar refractivity (Wildman–Crippen MR) is 103 cm³/mol. The molecule has 3 rings (SSSR count). The van der Waals surface area contributed by atoms with Crippen molar-refractivity contribution < 1.29 is 9.59 Å². The number of pyridine rings is 1. The van der Waals surface area contributed by atoms with Crippen LogP contribution >= 0.6 is 11.8 Å². The SMILES string of the molecule is CNC(=O)NC(=O)CSc1nnc(-c2cccnc2)n1-c1ccccc1C. The highest BCUT2D eigenvalue weighted by molar-refractivity contribution is 7.99. The van der Waals surface area contributed by atoms with Crippen LogP contribution in [0.5, 0.6) is 0 Å². The van der Waals surface area contributed by atoms with Crippen LogP contribution in [0.2, 0.25) is 0 Å². The number of urea groups is 1. The summed E-state index contributed by atoms with van der Waals surface area (Å²) in [7, 11) is 1.45. The van der Waals surface area contributed by atoms with Crippen molar-refractivity contribution in [1.82, 2.24) is 30.4 Å². The molecule has 0 aliphatic heterocycles. The second-order valence-corrected chi connectivity index (χ2v) is 6.53. The van der Waals surface area contributed by atoms with Crippen LogP contribution in [0.3, 0.4) is 0 Å². The van der Waals surface area contributed by atoms with E-state index in [0.717, 1.165) is 16.8 Å². The molecule has 8 nitrogen and oxygen atoms in total. The van der Waals surface area contributed by atoms with Gasteiger partial charge in [-0.25, -0.2) is 4.79 Å². The fourth-order valence-electron chi connectivity index (χ4n) is 2.43. The van der Waals surface area contributed by atoms with Gasteiger partial charge in [0.15, 0.2) is 11.0 Å². The molecule has 0 radical (unpaired) electrons. The molecule has 1 aromatic carbocycles. The molecule has 0 fully saturated rings. The summed E-state index contributed by atoms with van der Waals surface area (Å²) in [6.07, 6.45) is 3.41. The number of aryl methyl sites for hydroxylation is 1. The Morgan fingerprint density at radius 2 is 1.96 bits per heavy atom. The van der Waals surface area contributed by atoms with E-state index in [1.165, 1.54) is 18.8 Å². The van der Waals surface area contributed by atoms with Gasteiger partial charge in [-0.15, -0.1) is 10.2 Å². The van der Waals surface area contributed by atoms with Gasteiger partial charge < -0.3 is 5.32 Å². The van der Waals surface area contributed by atoms with Gasteiger partial charge in [-0.1, -0.05) is 30.0 Å². The number of hydrogen-bond donors (Lipinski definition) is 2. The predicted octanol–water partition coefficient (Wildman–Crippen LogP) is 2.19. The number of thioether (sulfide) groups is 1. The Kier molecular flexibility index (Phi) is 5.82. The maximum Gasteiger partial charge on any atom is 0.321 e. The summed E-state index contributed by atoms with van der Waals surface area (Å²) in [4.78, 5) is 27.3. The molecular formula is C18H18N6O2S. The molecule has 0 saturated heterocycles. The van der Waals surface area contributed by atoms with Crippen LogP contribution in [-0.4, -0.2) is 44.5 Å². The molecule has 3 aromatic rings. The molecule has 2 N–H and O–H groups in total. The first kappa shape index (κ1) is 18.6. The van der Waals surface area contributed by atoms with Crippen LogP contribution in [0.1, 0.15) is 5.56 Å². The van der Waals surface area contributed by atoms with Crippen molar-refractivity contribution in [3.63, 3.8) is 0 Å². The highest BCUT2D eigenvalue weighted by atomic mass is 32.2. The van der Waals surface area contributed by atoms with Gasteiger partial charge in [-0.3, -0.25) is 19.7 Å². The number of aromatic nitrogens is 4. The highest BCUT2D eigenvalue weighted by Gasteiger charge is 2.18. The first-order valence-corrected chi connectivity index (χ1v) is 9.15. The molecule has 0 spiro atoms. The van der Waals surface area contributed by atoms with E-state index in [1.807, 2.05) is 47.9 Å². The minimum absolute atomic E-state index is 0.0322. The fourth-order valence-corrected chi connectivity index (χ4v) is 3.18. The summed E-state index contributed by atoms with van der Waals surface area (Å²) in [6, 6.07) is 11.0. The molecular weight excluding hydrogens is 364 g/mol. The molecule has 3 amide bonds. The van der Waals surface area contributed by atoms with Crippen LogP contribution in [0.25, 0.3) is 17.1 Å². The Hall–Kier alpha value is -3.20. The fraction of sp³-hybridized carbons (Fsp3) is 0.167. The minimum Gasteiger partial charge on any atom is -0.341 e. The molecule has 27 heavy (non-hydrogen) atoms. The molecule has 9 heteroatoms. The van der Waals surface area contributed by atoms with Crippen molar-refractivity contribution >= 4 is 23.7 Å². The van der Waals surface area contributed by atoms with Crippen LogP contribution in [0.15, 0.2) is 53.9 Å². The third-order valence-corrected chi connectivity index (χ3v) is 4.65. The zero-order valence-corrected chi connectivity index (χ0v) is 15.7. The van der Waals surface area contributed by atoms with E-state index in [-0.39, 0.29) is 5.75 Å². The smallest absolute Gasteiger partial charge is 0.321 e. The summed E-state index contributed by atoms with van der Waals surface area (Å²) in [5.41, 5.74) is 2.77. The molecule has 2 aromatic heterocycles. The lowest BCUT2D eigenvalue weighted by Crippen LogP contribution is -2.38. The number of imide groups is 1. The second-order valence-electron chi connectivity index (χ2n) is 5.59. The van der Waals surface area contributed by atoms with Gasteiger partial charge in [0.05, 0.1) is 11.4 Å². The van der Waals surface area contributed by atoms with Crippen LogP contribution in [0, 0.1) is 6.92 Å². The third-order valence-electron chi connectivity index (χ3n) is 3.72. The Labute approximate surface area is 160 Å². The van der Waals surface area contributed by atoms with Gasteiger partial charge in [-0.05, 0) is 30.7 Å². The largest absolute Gasteiger partial charge is 0.341 e. The summed E-state index contributed by atoms with van der Waals surface area (Å²) < 4.78 is 1.89. The van der Waals surface area contributed by atoms with E-state index in [1.54, 1.807) is 12.4 Å². The zero-order chi connectivity index (χ0) is 19.2. The Morgan fingerprint density at radius 3 is 2.67 bits per heavy atom. The average molecular weight is 382 g/mol. The number of carbonyl (C=O) groups is 2. The number of hydrogen-bond acceptors (Lipinski definition) is 6. The van der Waals surface area contributed by atoms with Crippen molar-refractivity contribution in [3.8, 4) is 17.1 Å². The van der Waals surface area contributed by atoms with Gasteiger partial charge in [-0.2, -0.15) is 0 Å². The van der Waals surface area contributed by atoms with Crippen molar-refractivity contribution in [2.24, 2.45) is 0 Å². The standard InChI is InChI=1S/C18H18N6O2S/c1-12-6-3-4-8-14(12)24-16(13-7-5-9-20-10-13)22-23-18(24)27-11-15(25)21-17(26)19-2/h3-10H,11H2,1-2H3,(H2,19,21,25,26). The summed E-state index contributed by atoms with van der Waals surface area (Å²) >= 11 is 1.20. The highest BCUT2D eigenvalue weighted by Crippen LogP contribution is 2.28. The van der Waals surface area contributed by atoms with E-state index in [4.69, 9.17) is 0 Å². The van der Waals surface area contributed by atoms with Gasteiger partial charge >= 0.3 is 6.03 Å². The lowest BCUT2D eigenvalue weighted by molar-refractivity contribution is -0.117. The quantitative estimate of drug-likeness (QED) is 0.656. The Bertz CT molecular complexity index is 957. The molecule has 0 aliphatic rings. The van der Waals surface area contributed by atoms with E-state index < -0.39 is 11.9 Å². The number of nitrogens with one attached hydrogen (secondary N) is 2. The second kappa shape index (κ2) is 8.45. The average Bonchev–Trinajstić information content (AvgIpc) is 3.11. The number of amides is 3. The lowest BCUT2D eigenvalue weighted by Gasteiger charge is -2.12. The van der Waals surface area contributed by atoms with Crippen molar-refractivity contribution in [2.45, 2.75) is 12.1 Å². The van der Waals surface area contributed by atoms with E-state index >= 15 is 0 Å². The number of carbonyl (C=O) groups excluding carboxylic acids is 2. The number of benzene rings is 1. The maximum absolute atomic E-state index is 11.9. The molecule has 2 heterocycles. The summed E-state index contributed by atoms with van der Waals surface area (Å²) in [6.45, 7) is 2.00. The van der Waals surface area contributed by atoms with Crippen LogP contribution in [0.4, 0.5) is 4.79 Å². The number of rotatable bonds is 5. The topological polar surface area (TPSA) is 102 Å². The van der Waals surface area contributed by atoms with Crippen molar-refractivity contribution in [1.29, 1.82) is 0 Å². The maximum atomic E-state index is 11.9. The Morgan fingerprint density at radius 1 is 1.15 bits per heavy atom. The molecule has 0 saturated carbocycles. The van der Waals surface area contributed by atoms with Gasteiger partial charge in [0.2, 0.25) is 5.91 Å². The van der Waals surface area contributed by atoms with E-state index in [0.29, 0.717) is 11.0 Å². The first-order chi connectivity index (χ1) is 13.1. The van der Waals surface area contributed by atoms with Gasteiger partial charge in [0.25, 0.3) is 0 Å². The normalized spacial score (nSPS) is 10.4. The van der Waals surface area contributed by atoms with Crippen LogP contribution in [-0.2, 0) is 4.79 Å². The number of nitrogens with zero attached hydrogens (tertiary/aromatic N) is 4. The summed E-state index contributed by atoms with van der Waals surface area (Å²) in [5, 5.41) is 13.7. The zero-order valence-electron chi connectivity index (χ0n) is 14.8. The minimum atomic E-state index is -0.544. The van der Waals surface area contributed by atoms with Crippen LogP contribution < -0.4 is 10.6 Å². The third kappa shape index (κ3) is 4.32. The van der Waals surface area contributed by atoms with Crippen molar-refractivity contribution in [3.05, 3.63) is 54.4 Å². The van der Waals surface area contributed by atoms with Gasteiger partial charge in [0, 0.05) is 25.0 Å². The number of para-hydroxylation sites is 1. The monoisotopic (exact) mass is 382 g/mol. The molecule has 0 unspecified atom stereocenters. The van der Waals surface area contributed by atoms with E-state index in [9.17, 15) is 9.59 Å². The summed E-state index contributed by atoms with van der Waals surface area (Å²) in [5.74, 6) is 0.248. The molecule has 0 atom stereocenters. The van der Waals surface area contributed by atoms with E-state index in [2.05, 4.69) is 25.8 Å². The van der Waals surface area contributed by atoms with Gasteiger partial charge in [0.1, 0.15) is 0 Å². The van der Waals surface area contributed by atoms with Crippen molar-refractivity contribution in [2.75, 3.05) is 12.8 Å². The molecule has 0 bridgehead atoms.